The molecule has 2 aromatic carbocycles. The molecule has 34 heavy (non-hydrogen) atoms. The molecule has 1 amide bonds. The van der Waals surface area contributed by atoms with Gasteiger partial charge in [-0.05, 0) is 49.4 Å². The summed E-state index contributed by atoms with van der Waals surface area (Å²) in [5.74, 6) is 1.34. The molecule has 178 valence electrons. The molecule has 4 aromatic rings. The number of unbranched alkanes of at least 4 members (excludes halogenated alkanes) is 2. The molecule has 8 nitrogen and oxygen atoms in total. The van der Waals surface area contributed by atoms with Gasteiger partial charge in [-0.15, -0.1) is 5.10 Å². The van der Waals surface area contributed by atoms with Crippen molar-refractivity contribution in [2.24, 2.45) is 13.0 Å². The second kappa shape index (κ2) is 10.6. The number of carbonyl (C=O) groups is 1. The smallest absolute Gasteiger partial charge is 0.277 e. The minimum Gasteiger partial charge on any atom is -0.346 e. The first-order valence-electron chi connectivity index (χ1n) is 12.0. The minimum atomic E-state index is -0.128. The lowest BCUT2D eigenvalue weighted by atomic mass is 10.0. The lowest BCUT2D eigenvalue weighted by Crippen LogP contribution is -2.31. The Labute approximate surface area is 199 Å². The Morgan fingerprint density at radius 2 is 1.74 bits per heavy atom. The second-order valence-corrected chi connectivity index (χ2v) is 9.21. The summed E-state index contributed by atoms with van der Waals surface area (Å²) < 4.78 is 3.48. The van der Waals surface area contributed by atoms with Crippen LogP contribution in [0, 0.1) is 5.92 Å². The molecule has 0 unspecified atom stereocenters. The van der Waals surface area contributed by atoms with E-state index in [0.717, 1.165) is 42.5 Å². The maximum Gasteiger partial charge on any atom is 0.277 e. The number of rotatable bonds is 10. The summed E-state index contributed by atoms with van der Waals surface area (Å²) in [6.07, 6.45) is 3.61. The zero-order valence-corrected chi connectivity index (χ0v) is 20.1. The molecule has 0 radical (unpaired) electrons. The Balaban J connectivity index is 1.31. The summed E-state index contributed by atoms with van der Waals surface area (Å²) in [6.45, 7) is 4.80. The molecule has 8 heteroatoms. The number of imidazole rings is 1. The van der Waals surface area contributed by atoms with Crippen LogP contribution >= 0.6 is 0 Å². The normalized spacial score (nSPS) is 12.5. The highest BCUT2D eigenvalue weighted by atomic mass is 16.1. The van der Waals surface area contributed by atoms with E-state index in [9.17, 15) is 9.59 Å². The summed E-state index contributed by atoms with van der Waals surface area (Å²) in [5.41, 5.74) is 2.49. The average molecular weight is 461 g/mol. The van der Waals surface area contributed by atoms with E-state index in [2.05, 4.69) is 34.0 Å². The first kappa shape index (κ1) is 23.6. The van der Waals surface area contributed by atoms with Gasteiger partial charge in [0.1, 0.15) is 11.3 Å². The number of nitrogens with one attached hydrogen (secondary N) is 1. The van der Waals surface area contributed by atoms with Gasteiger partial charge in [0.2, 0.25) is 5.91 Å². The number of amides is 1. The molecule has 0 bridgehead atoms. The Bertz CT molecular complexity index is 1340. The molecule has 2 heterocycles. The Kier molecular flexibility index (Phi) is 7.35. The molecule has 1 atom stereocenters. The highest BCUT2D eigenvalue weighted by molar-refractivity contribution is 5.78. The van der Waals surface area contributed by atoms with E-state index in [-0.39, 0.29) is 17.5 Å². The van der Waals surface area contributed by atoms with Crippen LogP contribution in [0.25, 0.3) is 21.9 Å². The van der Waals surface area contributed by atoms with Crippen LogP contribution < -0.4 is 10.9 Å². The van der Waals surface area contributed by atoms with Crippen LogP contribution in [0.2, 0.25) is 0 Å². The van der Waals surface area contributed by atoms with E-state index < -0.39 is 0 Å². The van der Waals surface area contributed by atoms with Crippen LogP contribution in [-0.4, -0.2) is 30.5 Å². The van der Waals surface area contributed by atoms with Crippen molar-refractivity contribution in [2.75, 3.05) is 0 Å². The van der Waals surface area contributed by atoms with Gasteiger partial charge in [0.25, 0.3) is 5.56 Å². The van der Waals surface area contributed by atoms with E-state index >= 15 is 0 Å². The number of aromatic nitrogens is 5. The fourth-order valence-corrected chi connectivity index (χ4v) is 4.34. The van der Waals surface area contributed by atoms with Crippen LogP contribution in [-0.2, 0) is 18.4 Å². The summed E-state index contributed by atoms with van der Waals surface area (Å²) in [4.78, 5) is 30.1. The van der Waals surface area contributed by atoms with Gasteiger partial charge in [0.15, 0.2) is 0 Å². The lowest BCUT2D eigenvalue weighted by Gasteiger charge is -2.20. The molecule has 0 fully saturated rings. The highest BCUT2D eigenvalue weighted by Gasteiger charge is 2.21. The molecule has 0 aliphatic heterocycles. The summed E-state index contributed by atoms with van der Waals surface area (Å²) >= 11 is 0. The fraction of sp³-hybridized carbons (Fsp3) is 0.423. The third-order valence-electron chi connectivity index (χ3n) is 6.08. The van der Waals surface area contributed by atoms with Crippen molar-refractivity contribution in [1.29, 1.82) is 0 Å². The number of benzene rings is 2. The summed E-state index contributed by atoms with van der Waals surface area (Å²) in [7, 11) is 2.00. The first-order chi connectivity index (χ1) is 16.4. The lowest BCUT2D eigenvalue weighted by molar-refractivity contribution is -0.122. The maximum atomic E-state index is 12.7. The molecular formula is C26H32N6O2. The minimum absolute atomic E-state index is 0.0281. The molecule has 0 spiro atoms. The standard InChI is InChI=1S/C26H32N6O2/c1-18(2)17-22(25-28-21-13-8-9-14-23(21)31(25)3)27-24(33)15-5-4-10-16-32-26(34)19-11-6-7-12-20(19)29-30-32/h6-9,11-14,18,22H,4-5,10,15-17H2,1-3H3,(H,27,33)/t22-/m0/s1. The van der Waals surface area contributed by atoms with Gasteiger partial charge < -0.3 is 9.88 Å². The van der Waals surface area contributed by atoms with Gasteiger partial charge in [0.05, 0.1) is 22.5 Å². The molecular weight excluding hydrogens is 428 g/mol. The number of para-hydroxylation sites is 2. The monoisotopic (exact) mass is 460 g/mol. The number of hydrogen-bond donors (Lipinski definition) is 1. The van der Waals surface area contributed by atoms with Gasteiger partial charge in [-0.2, -0.15) is 0 Å². The van der Waals surface area contributed by atoms with Gasteiger partial charge in [0, 0.05) is 20.0 Å². The summed E-state index contributed by atoms with van der Waals surface area (Å²) in [5, 5.41) is 11.9. The van der Waals surface area contributed by atoms with Gasteiger partial charge in [-0.25, -0.2) is 9.67 Å². The Morgan fingerprint density at radius 1 is 1.00 bits per heavy atom. The topological polar surface area (TPSA) is 94.7 Å². The number of aryl methyl sites for hydroxylation is 2. The van der Waals surface area contributed by atoms with Crippen LogP contribution in [0.4, 0.5) is 0 Å². The molecule has 1 N–H and O–H groups in total. The highest BCUT2D eigenvalue weighted by Crippen LogP contribution is 2.24. The van der Waals surface area contributed by atoms with Gasteiger partial charge in [-0.3, -0.25) is 9.59 Å². The molecule has 4 rings (SSSR count). The number of nitrogens with zero attached hydrogens (tertiary/aromatic N) is 5. The predicted molar refractivity (Wildman–Crippen MR) is 133 cm³/mol. The predicted octanol–water partition coefficient (Wildman–Crippen LogP) is 4.14. The van der Waals surface area contributed by atoms with Crippen molar-refractivity contribution >= 4 is 27.8 Å². The van der Waals surface area contributed by atoms with Crippen LogP contribution in [0.1, 0.15) is 57.8 Å². The van der Waals surface area contributed by atoms with E-state index in [0.29, 0.717) is 29.8 Å². The van der Waals surface area contributed by atoms with Gasteiger partial charge in [-0.1, -0.05) is 49.7 Å². The molecule has 0 saturated heterocycles. The maximum absolute atomic E-state index is 12.7. The fourth-order valence-electron chi connectivity index (χ4n) is 4.34. The molecule has 0 saturated carbocycles. The zero-order valence-electron chi connectivity index (χ0n) is 20.1. The SMILES string of the molecule is CC(C)C[C@H](NC(=O)CCCCCn1nnc2ccccc2c1=O)c1nc2ccccc2n1C. The van der Waals surface area contributed by atoms with Crippen LogP contribution in [0.5, 0.6) is 0 Å². The third kappa shape index (κ3) is 5.32. The van der Waals surface area contributed by atoms with Crippen LogP contribution in [0.15, 0.2) is 53.3 Å². The van der Waals surface area contributed by atoms with Crippen LogP contribution in [0.3, 0.4) is 0 Å². The van der Waals surface area contributed by atoms with E-state index in [4.69, 9.17) is 4.98 Å². The van der Waals surface area contributed by atoms with E-state index in [1.165, 1.54) is 4.68 Å². The summed E-state index contributed by atoms with van der Waals surface area (Å²) in [6, 6.07) is 15.1. The zero-order chi connectivity index (χ0) is 24.1. The van der Waals surface area contributed by atoms with Crippen molar-refractivity contribution in [1.82, 2.24) is 29.9 Å². The number of fused-ring (bicyclic) bond motifs is 2. The molecule has 0 aliphatic carbocycles. The van der Waals surface area contributed by atoms with Crippen molar-refractivity contribution in [3.8, 4) is 0 Å². The number of hydrogen-bond acceptors (Lipinski definition) is 5. The Hall–Kier alpha value is -3.55. The van der Waals surface area contributed by atoms with Crippen molar-refractivity contribution < 1.29 is 4.79 Å². The Morgan fingerprint density at radius 3 is 2.50 bits per heavy atom. The average Bonchev–Trinajstić information content (AvgIpc) is 3.16. The van der Waals surface area contributed by atoms with Crippen molar-refractivity contribution in [3.05, 3.63) is 64.7 Å². The number of carbonyl (C=O) groups excluding carboxylic acids is 1. The third-order valence-corrected chi connectivity index (χ3v) is 6.08. The van der Waals surface area contributed by atoms with Crippen molar-refractivity contribution in [2.45, 2.75) is 58.5 Å². The molecule has 2 aromatic heterocycles. The second-order valence-electron chi connectivity index (χ2n) is 9.21. The van der Waals surface area contributed by atoms with E-state index in [1.54, 1.807) is 12.1 Å². The first-order valence-corrected chi connectivity index (χ1v) is 12.0. The van der Waals surface area contributed by atoms with Crippen molar-refractivity contribution in [3.63, 3.8) is 0 Å². The van der Waals surface area contributed by atoms with Gasteiger partial charge >= 0.3 is 0 Å². The molecule has 0 aliphatic rings. The largest absolute Gasteiger partial charge is 0.346 e. The van der Waals surface area contributed by atoms with E-state index in [1.807, 2.05) is 43.4 Å². The quantitative estimate of drug-likeness (QED) is 0.359.